The number of nitrogens with one attached hydrogen (secondary N) is 1. The molecule has 0 aliphatic heterocycles. The number of rotatable bonds is 5. The van der Waals surface area contributed by atoms with Gasteiger partial charge >= 0.3 is 10.3 Å². The standard InChI is InChI=1S/C20H23NO6S/c1-27-17-9-5-8-16(14-17)19(18(22)21-28(24,25)26)10-12-20(23,13-11-19)15-6-3-2-4-7-15/h2-9,14,23H,10-13H2,1H3,(H,21,22)(H,24,25,26). The predicted molar refractivity (Wildman–Crippen MR) is 103 cm³/mol. The Labute approximate surface area is 164 Å². The SMILES string of the molecule is COc1cccc(C2(C(=O)NS(=O)(=O)O)CCC(O)(c3ccccc3)CC2)c1. The van der Waals surface area contributed by atoms with E-state index in [0.717, 1.165) is 5.56 Å². The summed E-state index contributed by atoms with van der Waals surface area (Å²) in [7, 11) is -3.21. The number of hydrogen-bond donors (Lipinski definition) is 3. The van der Waals surface area contributed by atoms with Gasteiger partial charge in [-0.2, -0.15) is 8.42 Å². The molecule has 1 aliphatic rings. The molecule has 0 atom stereocenters. The molecular formula is C20H23NO6S. The molecule has 3 rings (SSSR count). The van der Waals surface area contributed by atoms with Gasteiger partial charge in [-0.05, 0) is 48.9 Å². The number of benzene rings is 2. The van der Waals surface area contributed by atoms with E-state index in [9.17, 15) is 18.3 Å². The number of ether oxygens (including phenoxy) is 1. The van der Waals surface area contributed by atoms with Crippen molar-refractivity contribution in [1.29, 1.82) is 0 Å². The molecule has 0 bridgehead atoms. The van der Waals surface area contributed by atoms with E-state index in [-0.39, 0.29) is 25.7 Å². The number of methoxy groups -OCH3 is 1. The molecule has 0 radical (unpaired) electrons. The lowest BCUT2D eigenvalue weighted by atomic mass is 9.63. The number of carbonyl (C=O) groups excluding carboxylic acids is 1. The van der Waals surface area contributed by atoms with E-state index >= 15 is 0 Å². The van der Waals surface area contributed by atoms with E-state index in [1.54, 1.807) is 29.0 Å². The molecule has 1 aliphatic carbocycles. The molecule has 0 aromatic heterocycles. The molecule has 0 spiro atoms. The zero-order valence-electron chi connectivity index (χ0n) is 15.5. The van der Waals surface area contributed by atoms with E-state index in [0.29, 0.717) is 11.3 Å². The van der Waals surface area contributed by atoms with Gasteiger partial charge in [0.1, 0.15) is 5.75 Å². The maximum Gasteiger partial charge on any atom is 0.359 e. The second kappa shape index (κ2) is 7.54. The number of carbonyl (C=O) groups is 1. The van der Waals surface area contributed by atoms with Crippen LogP contribution >= 0.6 is 0 Å². The van der Waals surface area contributed by atoms with E-state index in [1.165, 1.54) is 7.11 Å². The summed E-state index contributed by atoms with van der Waals surface area (Å²) in [6, 6.07) is 16.0. The Hall–Kier alpha value is -2.42. The average Bonchev–Trinajstić information content (AvgIpc) is 2.68. The number of amides is 1. The molecule has 8 heteroatoms. The van der Waals surface area contributed by atoms with Gasteiger partial charge in [-0.1, -0.05) is 42.5 Å². The fraction of sp³-hybridized carbons (Fsp3) is 0.350. The fourth-order valence-electron chi connectivity index (χ4n) is 3.91. The van der Waals surface area contributed by atoms with Crippen LogP contribution in [0.1, 0.15) is 36.8 Å². The molecule has 0 saturated heterocycles. The molecule has 28 heavy (non-hydrogen) atoms. The van der Waals surface area contributed by atoms with Crippen LogP contribution in [-0.4, -0.2) is 31.1 Å². The molecule has 2 aromatic carbocycles. The Morgan fingerprint density at radius 1 is 1.00 bits per heavy atom. The van der Waals surface area contributed by atoms with Crippen molar-refractivity contribution in [3.63, 3.8) is 0 Å². The molecule has 150 valence electrons. The summed E-state index contributed by atoms with van der Waals surface area (Å²) in [5.74, 6) is -0.293. The minimum atomic E-state index is -4.71. The fourth-order valence-corrected chi connectivity index (χ4v) is 4.34. The van der Waals surface area contributed by atoms with E-state index < -0.39 is 27.2 Å². The molecule has 7 nitrogen and oxygen atoms in total. The Morgan fingerprint density at radius 3 is 2.18 bits per heavy atom. The molecule has 1 fully saturated rings. The lowest BCUT2D eigenvalue weighted by Gasteiger charge is -2.43. The maximum atomic E-state index is 12.9. The van der Waals surface area contributed by atoms with Crippen molar-refractivity contribution in [2.24, 2.45) is 0 Å². The van der Waals surface area contributed by atoms with Gasteiger partial charge in [0.2, 0.25) is 5.91 Å². The normalized spacial score (nSPS) is 25.1. The maximum absolute atomic E-state index is 12.9. The Balaban J connectivity index is 1.98. The minimum absolute atomic E-state index is 0.201. The third-order valence-electron chi connectivity index (χ3n) is 5.52. The van der Waals surface area contributed by atoms with Crippen LogP contribution in [0.15, 0.2) is 54.6 Å². The van der Waals surface area contributed by atoms with Crippen molar-refractivity contribution < 1.29 is 27.6 Å². The van der Waals surface area contributed by atoms with Crippen molar-refractivity contribution in [3.8, 4) is 5.75 Å². The van der Waals surface area contributed by atoms with Gasteiger partial charge in [-0.15, -0.1) is 0 Å². The van der Waals surface area contributed by atoms with Crippen LogP contribution in [0.5, 0.6) is 5.75 Å². The van der Waals surface area contributed by atoms with Gasteiger partial charge in [0.05, 0.1) is 18.1 Å². The first kappa shape index (κ1) is 20.3. The van der Waals surface area contributed by atoms with Crippen molar-refractivity contribution in [3.05, 3.63) is 65.7 Å². The average molecular weight is 405 g/mol. The topological polar surface area (TPSA) is 113 Å². The zero-order valence-corrected chi connectivity index (χ0v) is 16.3. The summed E-state index contributed by atoms with van der Waals surface area (Å²) in [6.45, 7) is 0. The van der Waals surface area contributed by atoms with Crippen molar-refractivity contribution >= 4 is 16.2 Å². The highest BCUT2D eigenvalue weighted by atomic mass is 32.2. The van der Waals surface area contributed by atoms with Gasteiger partial charge < -0.3 is 9.84 Å². The van der Waals surface area contributed by atoms with Crippen LogP contribution in [-0.2, 0) is 26.1 Å². The van der Waals surface area contributed by atoms with Crippen LogP contribution in [0, 0.1) is 0 Å². The number of hydrogen-bond acceptors (Lipinski definition) is 5. The molecule has 3 N–H and O–H groups in total. The van der Waals surface area contributed by atoms with Gasteiger partial charge in [-0.25, -0.2) is 4.72 Å². The van der Waals surface area contributed by atoms with E-state index in [1.807, 2.05) is 30.3 Å². The summed E-state index contributed by atoms with van der Waals surface area (Å²) in [5.41, 5.74) is -1.000. The van der Waals surface area contributed by atoms with Crippen LogP contribution in [0.25, 0.3) is 0 Å². The summed E-state index contributed by atoms with van der Waals surface area (Å²) < 4.78 is 38.6. The summed E-state index contributed by atoms with van der Waals surface area (Å²) in [4.78, 5) is 12.9. The Bertz CT molecular complexity index is 950. The lowest BCUT2D eigenvalue weighted by molar-refractivity contribution is -0.129. The van der Waals surface area contributed by atoms with Gasteiger partial charge in [-0.3, -0.25) is 9.35 Å². The van der Waals surface area contributed by atoms with Gasteiger partial charge in [0.15, 0.2) is 0 Å². The first-order valence-electron chi connectivity index (χ1n) is 8.91. The quantitative estimate of drug-likeness (QED) is 0.658. The van der Waals surface area contributed by atoms with Crippen LogP contribution in [0.4, 0.5) is 0 Å². The van der Waals surface area contributed by atoms with Crippen LogP contribution in [0.2, 0.25) is 0 Å². The van der Waals surface area contributed by atoms with Crippen molar-refractivity contribution in [2.45, 2.75) is 36.7 Å². The monoisotopic (exact) mass is 405 g/mol. The second-order valence-electron chi connectivity index (χ2n) is 7.12. The minimum Gasteiger partial charge on any atom is -0.497 e. The number of aliphatic hydroxyl groups is 1. The predicted octanol–water partition coefficient (Wildman–Crippen LogP) is 2.31. The highest BCUT2D eigenvalue weighted by Crippen LogP contribution is 2.47. The smallest absolute Gasteiger partial charge is 0.359 e. The second-order valence-corrected chi connectivity index (χ2v) is 8.27. The largest absolute Gasteiger partial charge is 0.497 e. The summed E-state index contributed by atoms with van der Waals surface area (Å²) >= 11 is 0. The van der Waals surface area contributed by atoms with E-state index in [4.69, 9.17) is 9.29 Å². The lowest BCUT2D eigenvalue weighted by Crippen LogP contribution is -2.50. The van der Waals surface area contributed by atoms with Crippen LogP contribution < -0.4 is 9.46 Å². The van der Waals surface area contributed by atoms with Crippen molar-refractivity contribution in [1.82, 2.24) is 4.72 Å². The van der Waals surface area contributed by atoms with Gasteiger partial charge in [0, 0.05) is 0 Å². The third kappa shape index (κ3) is 4.04. The molecule has 1 amide bonds. The molecule has 0 heterocycles. The molecule has 2 aromatic rings. The molecule has 0 unspecified atom stereocenters. The third-order valence-corrected chi connectivity index (χ3v) is 5.96. The highest BCUT2D eigenvalue weighted by molar-refractivity contribution is 7.84. The first-order chi connectivity index (χ1) is 13.2. The van der Waals surface area contributed by atoms with Crippen LogP contribution in [0.3, 0.4) is 0 Å². The first-order valence-corrected chi connectivity index (χ1v) is 10.3. The molecular weight excluding hydrogens is 382 g/mol. The van der Waals surface area contributed by atoms with E-state index in [2.05, 4.69) is 0 Å². The summed E-state index contributed by atoms with van der Waals surface area (Å²) in [6.07, 6.45) is 0.917. The Morgan fingerprint density at radius 2 is 1.61 bits per heavy atom. The summed E-state index contributed by atoms with van der Waals surface area (Å²) in [5, 5.41) is 11.1. The highest BCUT2D eigenvalue weighted by Gasteiger charge is 2.49. The van der Waals surface area contributed by atoms with Gasteiger partial charge in [0.25, 0.3) is 0 Å². The zero-order chi connectivity index (χ0) is 20.4. The Kier molecular flexibility index (Phi) is 5.47. The molecule has 1 saturated carbocycles. The van der Waals surface area contributed by atoms with Crippen molar-refractivity contribution in [2.75, 3.05) is 7.11 Å².